The largest absolute Gasteiger partial charge is 0.443 e. The summed E-state index contributed by atoms with van der Waals surface area (Å²) < 4.78 is 5.04. The molecule has 5 nitrogen and oxygen atoms in total. The van der Waals surface area contributed by atoms with Crippen molar-refractivity contribution in [2.24, 2.45) is 0 Å². The van der Waals surface area contributed by atoms with Crippen molar-refractivity contribution in [1.29, 1.82) is 0 Å². The first-order chi connectivity index (χ1) is 7.02. The Morgan fingerprint density at radius 1 is 1.40 bits per heavy atom. The van der Waals surface area contributed by atoms with Gasteiger partial charge in [0.25, 0.3) is 0 Å². The molecule has 0 heterocycles. The normalized spacial score (nSPS) is 12.6. The lowest BCUT2D eigenvalue weighted by Gasteiger charge is -2.27. The first-order valence-corrected chi connectivity index (χ1v) is 4.85. The molecule has 0 aromatic carbocycles. The Morgan fingerprint density at radius 2 is 1.87 bits per heavy atom. The fourth-order valence-electron chi connectivity index (χ4n) is 1.06. The van der Waals surface area contributed by atoms with Crippen LogP contribution in [-0.4, -0.2) is 53.6 Å². The maximum Gasteiger partial charge on any atom is 0.334 e. The number of aliphatic hydroxyl groups excluding tert-OH is 2. The molecule has 1 unspecified atom stereocenters. The van der Waals surface area contributed by atoms with Crippen molar-refractivity contribution in [2.75, 3.05) is 26.3 Å². The van der Waals surface area contributed by atoms with Crippen LogP contribution in [0.4, 0.5) is 0 Å². The highest BCUT2D eigenvalue weighted by Crippen LogP contribution is 2.03. The first kappa shape index (κ1) is 14.1. The highest BCUT2D eigenvalue weighted by atomic mass is 16.6. The van der Waals surface area contributed by atoms with Crippen molar-refractivity contribution in [3.63, 3.8) is 0 Å². The summed E-state index contributed by atoms with van der Waals surface area (Å²) in [7, 11) is 0. The predicted molar refractivity (Wildman–Crippen MR) is 56.1 cm³/mol. The van der Waals surface area contributed by atoms with Crippen molar-refractivity contribution in [1.82, 2.24) is 4.90 Å². The van der Waals surface area contributed by atoms with Gasteiger partial charge in [-0.2, -0.15) is 0 Å². The molecule has 0 bridgehead atoms. The molecule has 0 aliphatic rings. The second kappa shape index (κ2) is 7.39. The Bertz CT molecular complexity index is 211. The number of esters is 1. The topological polar surface area (TPSA) is 70.0 Å². The van der Waals surface area contributed by atoms with Gasteiger partial charge in [0.2, 0.25) is 0 Å². The van der Waals surface area contributed by atoms with Gasteiger partial charge in [-0.25, -0.2) is 4.79 Å². The van der Waals surface area contributed by atoms with E-state index in [4.69, 9.17) is 14.9 Å². The Labute approximate surface area is 90.0 Å². The number of aliphatic hydroxyl groups is 2. The molecule has 2 N–H and O–H groups in total. The zero-order chi connectivity index (χ0) is 11.8. The third-order valence-corrected chi connectivity index (χ3v) is 1.91. The van der Waals surface area contributed by atoms with E-state index in [9.17, 15) is 4.79 Å². The van der Waals surface area contributed by atoms with E-state index < -0.39 is 12.2 Å². The highest BCUT2D eigenvalue weighted by Gasteiger charge is 2.17. The quantitative estimate of drug-likeness (QED) is 0.349. The third kappa shape index (κ3) is 5.51. The number of carbonyl (C=O) groups excluding carboxylic acids is 1. The molecule has 0 radical (unpaired) electrons. The Hall–Kier alpha value is -0.910. The molecular formula is C10H19NO4. The maximum absolute atomic E-state index is 11.2. The van der Waals surface area contributed by atoms with E-state index in [2.05, 4.69) is 6.58 Å². The lowest BCUT2D eigenvalue weighted by Crippen LogP contribution is -2.40. The van der Waals surface area contributed by atoms with Gasteiger partial charge < -0.3 is 14.9 Å². The number of hydrogen-bond acceptors (Lipinski definition) is 5. The third-order valence-electron chi connectivity index (χ3n) is 1.91. The summed E-state index contributed by atoms with van der Waals surface area (Å²) in [5.74, 6) is -0.469. The van der Waals surface area contributed by atoms with E-state index in [-0.39, 0.29) is 13.2 Å². The first-order valence-electron chi connectivity index (χ1n) is 4.85. The molecule has 0 rings (SSSR count). The van der Waals surface area contributed by atoms with Crippen molar-refractivity contribution in [2.45, 2.75) is 20.1 Å². The van der Waals surface area contributed by atoms with Gasteiger partial charge in [0.15, 0.2) is 6.23 Å². The molecule has 0 amide bonds. The van der Waals surface area contributed by atoms with Gasteiger partial charge in [-0.1, -0.05) is 6.58 Å². The standard InChI is InChI=1S/C10H19NO4/c1-8(2)10(14)15-9(3)11(4-6-12)5-7-13/h9,12-13H,1,4-7H2,2-3H3. The molecular weight excluding hydrogens is 198 g/mol. The molecule has 0 aliphatic carbocycles. The molecule has 1 atom stereocenters. The van der Waals surface area contributed by atoms with Crippen LogP contribution in [0.25, 0.3) is 0 Å². The molecule has 0 saturated carbocycles. The van der Waals surface area contributed by atoms with Crippen molar-refractivity contribution < 1.29 is 19.7 Å². The predicted octanol–water partition coefficient (Wildman–Crippen LogP) is -0.262. The minimum absolute atomic E-state index is 0.0467. The monoisotopic (exact) mass is 217 g/mol. The van der Waals surface area contributed by atoms with E-state index in [1.165, 1.54) is 0 Å². The van der Waals surface area contributed by atoms with Gasteiger partial charge in [0, 0.05) is 18.7 Å². The van der Waals surface area contributed by atoms with Crippen LogP contribution in [0.5, 0.6) is 0 Å². The van der Waals surface area contributed by atoms with E-state index in [1.54, 1.807) is 18.7 Å². The summed E-state index contributed by atoms with van der Waals surface area (Å²) in [6.07, 6.45) is -0.478. The second-order valence-electron chi connectivity index (χ2n) is 3.27. The minimum atomic E-state index is -0.478. The van der Waals surface area contributed by atoms with Crippen molar-refractivity contribution in [3.05, 3.63) is 12.2 Å². The van der Waals surface area contributed by atoms with E-state index >= 15 is 0 Å². The van der Waals surface area contributed by atoms with Gasteiger partial charge in [-0.15, -0.1) is 0 Å². The number of rotatable bonds is 7. The van der Waals surface area contributed by atoms with Crippen LogP contribution in [0.2, 0.25) is 0 Å². The van der Waals surface area contributed by atoms with Crippen LogP contribution < -0.4 is 0 Å². The minimum Gasteiger partial charge on any atom is -0.443 e. The molecule has 0 aromatic heterocycles. The van der Waals surface area contributed by atoms with Crippen molar-refractivity contribution in [3.8, 4) is 0 Å². The summed E-state index contributed by atoms with van der Waals surface area (Å²) in [4.78, 5) is 12.9. The van der Waals surface area contributed by atoms with E-state index in [1.807, 2.05) is 0 Å². The van der Waals surface area contributed by atoms with Gasteiger partial charge in [-0.3, -0.25) is 4.90 Å². The Balaban J connectivity index is 4.17. The fraction of sp³-hybridized carbons (Fsp3) is 0.700. The van der Waals surface area contributed by atoms with Crippen molar-refractivity contribution >= 4 is 5.97 Å². The fourth-order valence-corrected chi connectivity index (χ4v) is 1.06. The lowest BCUT2D eigenvalue weighted by molar-refractivity contribution is -0.153. The SMILES string of the molecule is C=C(C)C(=O)OC(C)N(CCO)CCO. The van der Waals surface area contributed by atoms with E-state index in [0.717, 1.165) is 0 Å². The van der Waals surface area contributed by atoms with Crippen LogP contribution in [0.3, 0.4) is 0 Å². The van der Waals surface area contributed by atoms with Crippen LogP contribution in [0.1, 0.15) is 13.8 Å². The van der Waals surface area contributed by atoms with Gasteiger partial charge in [0.05, 0.1) is 13.2 Å². The van der Waals surface area contributed by atoms with Crippen LogP contribution in [-0.2, 0) is 9.53 Å². The summed E-state index contributed by atoms with van der Waals surface area (Å²) in [5.41, 5.74) is 0.329. The summed E-state index contributed by atoms with van der Waals surface area (Å²) >= 11 is 0. The lowest BCUT2D eigenvalue weighted by atomic mass is 10.3. The summed E-state index contributed by atoms with van der Waals surface area (Å²) in [6.45, 7) is 7.33. The molecule has 5 heteroatoms. The average molecular weight is 217 g/mol. The maximum atomic E-state index is 11.2. The molecule has 0 saturated heterocycles. The molecule has 88 valence electrons. The molecule has 0 aromatic rings. The molecule has 15 heavy (non-hydrogen) atoms. The number of hydrogen-bond donors (Lipinski definition) is 2. The highest BCUT2D eigenvalue weighted by molar-refractivity contribution is 5.87. The molecule has 0 fully saturated rings. The van der Waals surface area contributed by atoms with Crippen LogP contribution in [0, 0.1) is 0 Å². The summed E-state index contributed by atoms with van der Waals surface area (Å²) in [6, 6.07) is 0. The zero-order valence-corrected chi connectivity index (χ0v) is 9.27. The average Bonchev–Trinajstić information content (AvgIpc) is 2.17. The number of carbonyl (C=O) groups is 1. The molecule has 0 aliphatic heterocycles. The number of ether oxygens (including phenoxy) is 1. The zero-order valence-electron chi connectivity index (χ0n) is 9.27. The Kier molecular flexibility index (Phi) is 6.94. The molecule has 0 spiro atoms. The van der Waals surface area contributed by atoms with E-state index in [0.29, 0.717) is 18.7 Å². The number of nitrogens with zero attached hydrogens (tertiary/aromatic N) is 1. The second-order valence-corrected chi connectivity index (χ2v) is 3.27. The smallest absolute Gasteiger partial charge is 0.334 e. The van der Waals surface area contributed by atoms with Gasteiger partial charge in [-0.05, 0) is 13.8 Å². The van der Waals surface area contributed by atoms with Gasteiger partial charge >= 0.3 is 5.97 Å². The van der Waals surface area contributed by atoms with Crippen LogP contribution >= 0.6 is 0 Å². The Morgan fingerprint density at radius 3 is 2.20 bits per heavy atom. The van der Waals surface area contributed by atoms with Gasteiger partial charge in [0.1, 0.15) is 0 Å². The van der Waals surface area contributed by atoms with Crippen LogP contribution in [0.15, 0.2) is 12.2 Å². The summed E-state index contributed by atoms with van der Waals surface area (Å²) in [5, 5.41) is 17.5.